The predicted octanol–water partition coefficient (Wildman–Crippen LogP) is 2.31. The summed E-state index contributed by atoms with van der Waals surface area (Å²) in [6.45, 7) is 2.07. The van der Waals surface area contributed by atoms with E-state index in [1.54, 1.807) is 0 Å². The molecule has 1 aliphatic rings. The minimum Gasteiger partial charge on any atom is -0.312 e. The minimum absolute atomic E-state index is 0.613. The largest absolute Gasteiger partial charge is 0.312 e. The van der Waals surface area contributed by atoms with E-state index in [4.69, 9.17) is 11.6 Å². The van der Waals surface area contributed by atoms with Gasteiger partial charge in [-0.1, -0.05) is 17.9 Å². The van der Waals surface area contributed by atoms with Crippen molar-refractivity contribution in [2.75, 3.05) is 12.4 Å². The molecule has 0 saturated heterocycles. The Labute approximate surface area is 95.8 Å². The number of benzene rings is 1. The fraction of sp³-hybridized carbons (Fsp3) is 0.385. The first-order chi connectivity index (χ1) is 7.40. The van der Waals surface area contributed by atoms with Crippen molar-refractivity contribution < 1.29 is 0 Å². The summed E-state index contributed by atoms with van der Waals surface area (Å²) in [6, 6.07) is 6.47. The van der Waals surface area contributed by atoms with Gasteiger partial charge in [-0.15, -0.1) is 11.6 Å². The number of alkyl halides is 1. The number of nitrogens with one attached hydrogen (secondary N) is 1. The van der Waals surface area contributed by atoms with E-state index in [2.05, 4.69) is 35.4 Å². The van der Waals surface area contributed by atoms with E-state index in [0.29, 0.717) is 5.88 Å². The van der Waals surface area contributed by atoms with E-state index in [0.717, 1.165) is 31.5 Å². The quantitative estimate of drug-likeness (QED) is 0.565. The molecule has 0 amide bonds. The lowest BCUT2D eigenvalue weighted by Crippen LogP contribution is -2.23. The monoisotopic (exact) mass is 219 g/mol. The molecule has 1 N–H and O–H groups in total. The molecule has 0 unspecified atom stereocenters. The van der Waals surface area contributed by atoms with E-state index in [9.17, 15) is 0 Å². The molecule has 1 aromatic rings. The number of rotatable bonds is 1. The van der Waals surface area contributed by atoms with Gasteiger partial charge in [0.2, 0.25) is 0 Å². The molecule has 0 atom stereocenters. The maximum Gasteiger partial charge on any atom is 0.0333 e. The Morgan fingerprint density at radius 3 is 3.13 bits per heavy atom. The molecule has 0 spiro atoms. The summed E-state index contributed by atoms with van der Waals surface area (Å²) in [5.74, 6) is 6.81. The third-order valence-electron chi connectivity index (χ3n) is 2.55. The number of hydrogen-bond acceptors (Lipinski definition) is 1. The van der Waals surface area contributed by atoms with Crippen molar-refractivity contribution in [3.63, 3.8) is 0 Å². The highest BCUT2D eigenvalue weighted by Crippen LogP contribution is 2.15. The van der Waals surface area contributed by atoms with Gasteiger partial charge < -0.3 is 5.32 Å². The van der Waals surface area contributed by atoms with E-state index in [1.165, 1.54) is 11.1 Å². The summed E-state index contributed by atoms with van der Waals surface area (Å²) in [5.41, 5.74) is 3.95. The number of halogens is 1. The lowest BCUT2D eigenvalue weighted by Gasteiger charge is -2.16. The normalized spacial score (nSPS) is 13.9. The summed E-state index contributed by atoms with van der Waals surface area (Å²) >= 11 is 5.57. The Hall–Kier alpha value is -0.970. The Bertz CT molecular complexity index is 401. The molecule has 0 fully saturated rings. The molecule has 1 heterocycles. The Balaban J connectivity index is 2.18. The Morgan fingerprint density at radius 2 is 2.27 bits per heavy atom. The number of fused-ring (bicyclic) bond motifs is 1. The van der Waals surface area contributed by atoms with Gasteiger partial charge in [-0.3, -0.25) is 0 Å². The van der Waals surface area contributed by atoms with Crippen molar-refractivity contribution in [1.29, 1.82) is 0 Å². The molecule has 2 rings (SSSR count). The lowest BCUT2D eigenvalue weighted by molar-refractivity contribution is 0.643. The summed E-state index contributed by atoms with van der Waals surface area (Å²) in [7, 11) is 0. The average Bonchev–Trinajstić information content (AvgIpc) is 2.29. The van der Waals surface area contributed by atoms with Gasteiger partial charge in [0.1, 0.15) is 0 Å². The molecular formula is C13H14ClN. The molecule has 2 heteroatoms. The van der Waals surface area contributed by atoms with E-state index < -0.39 is 0 Å². The molecule has 1 aromatic carbocycles. The first kappa shape index (κ1) is 10.5. The molecule has 0 bridgehead atoms. The molecular weight excluding hydrogens is 206 g/mol. The van der Waals surface area contributed by atoms with Gasteiger partial charge >= 0.3 is 0 Å². The molecule has 0 radical (unpaired) electrons. The Morgan fingerprint density at radius 1 is 1.33 bits per heavy atom. The maximum atomic E-state index is 5.57. The van der Waals surface area contributed by atoms with Gasteiger partial charge in [-0.05, 0) is 36.2 Å². The van der Waals surface area contributed by atoms with Crippen molar-refractivity contribution in [2.45, 2.75) is 19.4 Å². The van der Waals surface area contributed by atoms with Crippen LogP contribution in [0.5, 0.6) is 0 Å². The molecule has 1 aliphatic heterocycles. The average molecular weight is 220 g/mol. The lowest BCUT2D eigenvalue weighted by atomic mass is 9.98. The van der Waals surface area contributed by atoms with Gasteiger partial charge in [0.05, 0.1) is 0 Å². The smallest absolute Gasteiger partial charge is 0.0333 e. The van der Waals surface area contributed by atoms with Crippen LogP contribution in [0.15, 0.2) is 18.2 Å². The van der Waals surface area contributed by atoms with Crippen LogP contribution >= 0.6 is 11.6 Å². The van der Waals surface area contributed by atoms with Crippen molar-refractivity contribution in [3.05, 3.63) is 34.9 Å². The number of hydrogen-bond donors (Lipinski definition) is 1. The SMILES string of the molecule is ClCCC#Cc1ccc2c(c1)CCNC2. The summed E-state index contributed by atoms with van der Waals surface area (Å²) < 4.78 is 0. The van der Waals surface area contributed by atoms with Crippen molar-refractivity contribution in [3.8, 4) is 11.8 Å². The highest BCUT2D eigenvalue weighted by Gasteiger charge is 2.07. The van der Waals surface area contributed by atoms with Crippen LogP contribution in [0.2, 0.25) is 0 Å². The molecule has 0 aliphatic carbocycles. The van der Waals surface area contributed by atoms with Gasteiger partial charge in [-0.25, -0.2) is 0 Å². The summed E-state index contributed by atoms with van der Waals surface area (Å²) in [6.07, 6.45) is 1.88. The third kappa shape index (κ3) is 2.75. The zero-order chi connectivity index (χ0) is 10.5. The summed E-state index contributed by atoms with van der Waals surface area (Å²) in [5, 5.41) is 3.36. The van der Waals surface area contributed by atoms with Gasteiger partial charge in [0.25, 0.3) is 0 Å². The van der Waals surface area contributed by atoms with Crippen molar-refractivity contribution in [2.24, 2.45) is 0 Å². The van der Waals surface area contributed by atoms with Crippen LogP contribution < -0.4 is 5.32 Å². The minimum atomic E-state index is 0.613. The van der Waals surface area contributed by atoms with Crippen LogP contribution in [0.25, 0.3) is 0 Å². The first-order valence-corrected chi connectivity index (χ1v) is 5.81. The second-order valence-electron chi connectivity index (χ2n) is 3.65. The van der Waals surface area contributed by atoms with Crippen molar-refractivity contribution in [1.82, 2.24) is 5.32 Å². The fourth-order valence-electron chi connectivity index (χ4n) is 1.77. The molecule has 0 saturated carbocycles. The third-order valence-corrected chi connectivity index (χ3v) is 2.73. The van der Waals surface area contributed by atoms with Gasteiger partial charge in [0.15, 0.2) is 0 Å². The van der Waals surface area contributed by atoms with Crippen molar-refractivity contribution >= 4 is 11.6 Å². The molecule has 15 heavy (non-hydrogen) atoms. The van der Waals surface area contributed by atoms with E-state index in [-0.39, 0.29) is 0 Å². The van der Waals surface area contributed by atoms with Crippen LogP contribution in [-0.4, -0.2) is 12.4 Å². The summed E-state index contributed by atoms with van der Waals surface area (Å²) in [4.78, 5) is 0. The Kier molecular flexibility index (Phi) is 3.66. The van der Waals surface area contributed by atoms with Crippen LogP contribution in [0, 0.1) is 11.8 Å². The predicted molar refractivity (Wildman–Crippen MR) is 64.1 cm³/mol. The topological polar surface area (TPSA) is 12.0 Å². The standard InChI is InChI=1S/C13H14ClN/c14-7-2-1-3-11-4-5-13-10-15-8-6-12(13)9-11/h4-5,9,15H,2,6-8,10H2. The highest BCUT2D eigenvalue weighted by atomic mass is 35.5. The van der Waals surface area contributed by atoms with E-state index in [1.807, 2.05) is 0 Å². The zero-order valence-electron chi connectivity index (χ0n) is 8.65. The maximum absolute atomic E-state index is 5.57. The van der Waals surface area contributed by atoms with Crippen LogP contribution in [-0.2, 0) is 13.0 Å². The van der Waals surface area contributed by atoms with Crippen LogP contribution in [0.1, 0.15) is 23.1 Å². The highest BCUT2D eigenvalue weighted by molar-refractivity contribution is 6.18. The fourth-order valence-corrected chi connectivity index (χ4v) is 1.86. The second kappa shape index (κ2) is 5.21. The van der Waals surface area contributed by atoms with E-state index >= 15 is 0 Å². The van der Waals surface area contributed by atoms with Crippen LogP contribution in [0.3, 0.4) is 0 Å². The first-order valence-electron chi connectivity index (χ1n) is 5.27. The molecule has 1 nitrogen and oxygen atoms in total. The van der Waals surface area contributed by atoms with Crippen LogP contribution in [0.4, 0.5) is 0 Å². The molecule has 78 valence electrons. The second-order valence-corrected chi connectivity index (χ2v) is 4.03. The zero-order valence-corrected chi connectivity index (χ0v) is 9.40. The van der Waals surface area contributed by atoms with Gasteiger partial charge in [0, 0.05) is 24.4 Å². The van der Waals surface area contributed by atoms with Gasteiger partial charge in [-0.2, -0.15) is 0 Å². The molecule has 0 aromatic heterocycles.